The van der Waals surface area contributed by atoms with Crippen molar-refractivity contribution < 1.29 is 13.6 Å². The van der Waals surface area contributed by atoms with E-state index in [1.165, 1.54) is 12.1 Å². The van der Waals surface area contributed by atoms with Crippen molar-refractivity contribution >= 4 is 5.91 Å². The predicted octanol–water partition coefficient (Wildman–Crippen LogP) is 5.49. The fourth-order valence-electron chi connectivity index (χ4n) is 4.61. The summed E-state index contributed by atoms with van der Waals surface area (Å²) in [5.74, 6) is -0.729. The zero-order valence-electron chi connectivity index (χ0n) is 21.0. The molecule has 0 N–H and O–H groups in total. The number of hydrogen-bond donors (Lipinski definition) is 0. The van der Waals surface area contributed by atoms with Gasteiger partial charge in [0.2, 0.25) is 5.91 Å². The normalized spacial score (nSPS) is 14.1. The summed E-state index contributed by atoms with van der Waals surface area (Å²) in [6.45, 7) is 10.8. The maximum atomic E-state index is 14.3. The Balaban J connectivity index is 1.65. The maximum Gasteiger partial charge on any atom is 0.223 e. The number of benzene rings is 2. The highest BCUT2D eigenvalue weighted by Crippen LogP contribution is 2.28. The zero-order chi connectivity index (χ0) is 25.2. The van der Waals surface area contributed by atoms with Crippen LogP contribution in [-0.2, 0) is 30.8 Å². The molecule has 2 heterocycles. The van der Waals surface area contributed by atoms with Gasteiger partial charge in [-0.25, -0.2) is 13.5 Å². The number of amides is 1. The van der Waals surface area contributed by atoms with E-state index in [9.17, 15) is 13.6 Å². The molecule has 0 fully saturated rings. The molecule has 0 atom stereocenters. The van der Waals surface area contributed by atoms with Crippen LogP contribution in [0.2, 0.25) is 0 Å². The molecule has 1 aliphatic rings. The second kappa shape index (κ2) is 10.3. The van der Waals surface area contributed by atoms with Gasteiger partial charge in [0.1, 0.15) is 11.6 Å². The first kappa shape index (κ1) is 25.0. The van der Waals surface area contributed by atoms with E-state index in [1.54, 1.807) is 0 Å². The van der Waals surface area contributed by atoms with Crippen molar-refractivity contribution in [2.24, 2.45) is 5.41 Å². The van der Waals surface area contributed by atoms with Crippen LogP contribution in [0.5, 0.6) is 0 Å². The Hall–Kier alpha value is -3.06. The van der Waals surface area contributed by atoms with Gasteiger partial charge in [-0.1, -0.05) is 39.0 Å². The molecule has 35 heavy (non-hydrogen) atoms. The van der Waals surface area contributed by atoms with E-state index in [0.29, 0.717) is 44.7 Å². The third-order valence-electron chi connectivity index (χ3n) is 6.38. The second-order valence-electron chi connectivity index (χ2n) is 10.5. The third-order valence-corrected chi connectivity index (χ3v) is 6.38. The quantitative estimate of drug-likeness (QED) is 0.449. The van der Waals surface area contributed by atoms with Gasteiger partial charge in [-0.2, -0.15) is 5.10 Å². The molecule has 0 aliphatic carbocycles. The number of para-hydroxylation sites is 1. The minimum Gasteiger partial charge on any atom is -0.337 e. The summed E-state index contributed by atoms with van der Waals surface area (Å²) in [5.41, 5.74) is 4.27. The van der Waals surface area contributed by atoms with Crippen LogP contribution in [0.15, 0.2) is 48.5 Å². The second-order valence-corrected chi connectivity index (χ2v) is 10.5. The predicted molar refractivity (Wildman–Crippen MR) is 133 cm³/mol. The highest BCUT2D eigenvalue weighted by Gasteiger charge is 2.28. The van der Waals surface area contributed by atoms with E-state index in [0.717, 1.165) is 35.1 Å². The fraction of sp³-hybridized carbons (Fsp3) is 0.429. The number of carbonyl (C=O) groups is 1. The Morgan fingerprint density at radius 1 is 1.11 bits per heavy atom. The van der Waals surface area contributed by atoms with E-state index >= 15 is 0 Å². The van der Waals surface area contributed by atoms with Crippen LogP contribution in [0.3, 0.4) is 0 Å². The molecule has 5 nitrogen and oxygen atoms in total. The average Bonchev–Trinajstić information content (AvgIpc) is 3.17. The first-order valence-electron chi connectivity index (χ1n) is 12.2. The number of fused-ring (bicyclic) bond motifs is 1. The van der Waals surface area contributed by atoms with Gasteiger partial charge in [0.05, 0.1) is 23.6 Å². The van der Waals surface area contributed by atoms with Crippen molar-refractivity contribution in [3.05, 3.63) is 82.7 Å². The summed E-state index contributed by atoms with van der Waals surface area (Å²) in [4.78, 5) is 17.0. The van der Waals surface area contributed by atoms with Crippen molar-refractivity contribution in [2.75, 3.05) is 13.1 Å². The largest absolute Gasteiger partial charge is 0.337 e. The lowest BCUT2D eigenvalue weighted by atomic mass is 9.91. The van der Waals surface area contributed by atoms with Gasteiger partial charge in [0, 0.05) is 50.1 Å². The standard InChI is InChI=1S/C28H34F2N4O/c1-5-33(27(35)16-28(2,3)4)19-25-23-18-32(17-20-15-21(29)11-12-24(20)30)14-13-26(23)34(31-25)22-9-7-6-8-10-22/h6-12,15H,5,13-14,16-19H2,1-4H3. The lowest BCUT2D eigenvalue weighted by Gasteiger charge is -2.29. The molecule has 4 rings (SSSR count). The van der Waals surface area contributed by atoms with E-state index in [1.807, 2.05) is 46.8 Å². The van der Waals surface area contributed by atoms with Crippen LogP contribution in [0.1, 0.15) is 56.6 Å². The highest BCUT2D eigenvalue weighted by atomic mass is 19.1. The third kappa shape index (κ3) is 5.96. The summed E-state index contributed by atoms with van der Waals surface area (Å²) in [5, 5.41) is 4.96. The maximum absolute atomic E-state index is 14.3. The van der Waals surface area contributed by atoms with Crippen LogP contribution < -0.4 is 0 Å². The van der Waals surface area contributed by atoms with Crippen LogP contribution in [0.25, 0.3) is 5.69 Å². The Morgan fingerprint density at radius 2 is 1.86 bits per heavy atom. The van der Waals surface area contributed by atoms with E-state index in [-0.39, 0.29) is 11.3 Å². The van der Waals surface area contributed by atoms with Gasteiger partial charge < -0.3 is 4.90 Å². The number of aromatic nitrogens is 2. The Labute approximate surface area is 206 Å². The first-order valence-corrected chi connectivity index (χ1v) is 12.2. The number of carbonyl (C=O) groups excluding carboxylic acids is 1. The molecule has 0 saturated heterocycles. The molecule has 2 aromatic carbocycles. The summed E-state index contributed by atoms with van der Waals surface area (Å²) in [6, 6.07) is 13.6. The molecule has 186 valence electrons. The van der Waals surface area contributed by atoms with E-state index < -0.39 is 11.6 Å². The van der Waals surface area contributed by atoms with Gasteiger partial charge in [-0.3, -0.25) is 9.69 Å². The Bertz CT molecular complexity index is 1180. The van der Waals surface area contributed by atoms with Gasteiger partial charge in [0.25, 0.3) is 0 Å². The molecule has 0 saturated carbocycles. The first-order chi connectivity index (χ1) is 16.6. The number of rotatable bonds is 7. The topological polar surface area (TPSA) is 41.4 Å². The summed E-state index contributed by atoms with van der Waals surface area (Å²) >= 11 is 0. The van der Waals surface area contributed by atoms with Gasteiger partial charge >= 0.3 is 0 Å². The van der Waals surface area contributed by atoms with Crippen molar-refractivity contribution in [1.82, 2.24) is 19.6 Å². The van der Waals surface area contributed by atoms with Crippen molar-refractivity contribution in [2.45, 2.75) is 60.2 Å². The van der Waals surface area contributed by atoms with Gasteiger partial charge in [-0.15, -0.1) is 0 Å². The van der Waals surface area contributed by atoms with Crippen molar-refractivity contribution in [1.29, 1.82) is 0 Å². The van der Waals surface area contributed by atoms with E-state index in [2.05, 4.69) is 25.7 Å². The minimum absolute atomic E-state index is 0.0981. The summed E-state index contributed by atoms with van der Waals surface area (Å²) in [7, 11) is 0. The molecule has 1 amide bonds. The molecule has 0 bridgehead atoms. The van der Waals surface area contributed by atoms with Gasteiger partial charge in [0.15, 0.2) is 0 Å². The molecule has 0 radical (unpaired) electrons. The average molecular weight is 481 g/mol. The highest BCUT2D eigenvalue weighted by molar-refractivity contribution is 5.76. The minimum atomic E-state index is -0.437. The lowest BCUT2D eigenvalue weighted by molar-refractivity contribution is -0.133. The monoisotopic (exact) mass is 480 g/mol. The van der Waals surface area contributed by atoms with Crippen molar-refractivity contribution in [3.63, 3.8) is 0 Å². The molecule has 3 aromatic rings. The molecule has 1 aromatic heterocycles. The molecule has 1 aliphatic heterocycles. The SMILES string of the molecule is CCN(Cc1nn(-c2ccccc2)c2c1CN(Cc1cc(F)ccc1F)CC2)C(=O)CC(C)(C)C. The van der Waals surface area contributed by atoms with Crippen molar-refractivity contribution in [3.8, 4) is 5.69 Å². The molecule has 0 spiro atoms. The molecule has 7 heteroatoms. The molecular weight excluding hydrogens is 446 g/mol. The van der Waals surface area contributed by atoms with Crippen LogP contribution >= 0.6 is 0 Å². The molecular formula is C28H34F2N4O. The van der Waals surface area contributed by atoms with E-state index in [4.69, 9.17) is 5.10 Å². The summed E-state index contributed by atoms with van der Waals surface area (Å²) in [6.07, 6.45) is 1.20. The summed E-state index contributed by atoms with van der Waals surface area (Å²) < 4.78 is 30.0. The van der Waals surface area contributed by atoms with Crippen LogP contribution in [-0.4, -0.2) is 38.6 Å². The van der Waals surface area contributed by atoms with Gasteiger partial charge in [-0.05, 0) is 42.7 Å². The number of hydrogen-bond acceptors (Lipinski definition) is 3. The lowest BCUT2D eigenvalue weighted by Crippen LogP contribution is -2.34. The Kier molecular flexibility index (Phi) is 7.36. The Morgan fingerprint density at radius 3 is 2.54 bits per heavy atom. The van der Waals surface area contributed by atoms with Crippen LogP contribution in [0.4, 0.5) is 8.78 Å². The zero-order valence-corrected chi connectivity index (χ0v) is 21.0. The smallest absolute Gasteiger partial charge is 0.223 e. The van der Waals surface area contributed by atoms with Crippen LogP contribution in [0, 0.1) is 17.0 Å². The fourth-order valence-corrected chi connectivity index (χ4v) is 4.61. The number of nitrogens with zero attached hydrogens (tertiary/aromatic N) is 4. The molecule has 0 unspecified atom stereocenters. The number of halogens is 2.